The summed E-state index contributed by atoms with van der Waals surface area (Å²) in [6.45, 7) is 2.00. The Hall–Kier alpha value is -1.71. The summed E-state index contributed by atoms with van der Waals surface area (Å²) in [6.07, 6.45) is 4.57. The SMILES string of the molecule is CCC1=NN(c2cccnc2)C(=O)C1. The Kier molecular flexibility index (Phi) is 2.26. The van der Waals surface area contributed by atoms with Crippen LogP contribution in [0.25, 0.3) is 0 Å². The number of carbonyl (C=O) groups excluding carboxylic acids is 1. The van der Waals surface area contributed by atoms with Gasteiger partial charge < -0.3 is 0 Å². The minimum absolute atomic E-state index is 0.0230. The van der Waals surface area contributed by atoms with Gasteiger partial charge in [-0.3, -0.25) is 9.78 Å². The van der Waals surface area contributed by atoms with Crippen molar-refractivity contribution in [1.82, 2.24) is 4.98 Å². The summed E-state index contributed by atoms with van der Waals surface area (Å²) in [5.41, 5.74) is 1.67. The second kappa shape index (κ2) is 3.57. The molecule has 1 amide bonds. The summed E-state index contributed by atoms with van der Waals surface area (Å²) < 4.78 is 0. The van der Waals surface area contributed by atoms with Gasteiger partial charge in [-0.05, 0) is 18.6 Å². The first kappa shape index (κ1) is 8.87. The van der Waals surface area contributed by atoms with Crippen molar-refractivity contribution < 1.29 is 4.79 Å². The lowest BCUT2D eigenvalue weighted by molar-refractivity contribution is -0.116. The van der Waals surface area contributed by atoms with Gasteiger partial charge in [-0.25, -0.2) is 0 Å². The molecule has 0 saturated heterocycles. The van der Waals surface area contributed by atoms with Crippen molar-refractivity contribution in [1.29, 1.82) is 0 Å². The van der Waals surface area contributed by atoms with E-state index in [1.165, 1.54) is 5.01 Å². The second-order valence-electron chi connectivity index (χ2n) is 3.11. The summed E-state index contributed by atoms with van der Waals surface area (Å²) >= 11 is 0. The Bertz CT molecular complexity index is 372. The van der Waals surface area contributed by atoms with Crippen LogP contribution in [-0.4, -0.2) is 16.6 Å². The van der Waals surface area contributed by atoms with Crippen LogP contribution in [0.4, 0.5) is 5.69 Å². The fourth-order valence-electron chi connectivity index (χ4n) is 1.36. The number of aromatic nitrogens is 1. The van der Waals surface area contributed by atoms with Crippen LogP contribution >= 0.6 is 0 Å². The molecular formula is C10H11N3O. The summed E-state index contributed by atoms with van der Waals surface area (Å²) in [6, 6.07) is 3.62. The molecule has 14 heavy (non-hydrogen) atoms. The molecule has 0 saturated carbocycles. The van der Waals surface area contributed by atoms with Crippen LogP contribution in [0.3, 0.4) is 0 Å². The van der Waals surface area contributed by atoms with Crippen LogP contribution in [-0.2, 0) is 4.79 Å². The summed E-state index contributed by atoms with van der Waals surface area (Å²) in [5.74, 6) is 0.0230. The van der Waals surface area contributed by atoms with E-state index < -0.39 is 0 Å². The third-order valence-corrected chi connectivity index (χ3v) is 2.13. The Morgan fingerprint density at radius 1 is 1.57 bits per heavy atom. The van der Waals surface area contributed by atoms with E-state index in [2.05, 4.69) is 10.1 Å². The average molecular weight is 189 g/mol. The lowest BCUT2D eigenvalue weighted by Gasteiger charge is -2.09. The highest BCUT2D eigenvalue weighted by Crippen LogP contribution is 2.19. The van der Waals surface area contributed by atoms with E-state index >= 15 is 0 Å². The van der Waals surface area contributed by atoms with E-state index in [9.17, 15) is 4.79 Å². The normalized spacial score (nSPS) is 15.9. The first-order chi connectivity index (χ1) is 6.81. The van der Waals surface area contributed by atoms with Crippen LogP contribution in [0.15, 0.2) is 29.6 Å². The highest BCUT2D eigenvalue weighted by atomic mass is 16.2. The number of amides is 1. The van der Waals surface area contributed by atoms with Crippen molar-refractivity contribution in [2.75, 3.05) is 5.01 Å². The maximum atomic E-state index is 11.5. The van der Waals surface area contributed by atoms with Gasteiger partial charge in [0.05, 0.1) is 18.3 Å². The number of hydrogen-bond acceptors (Lipinski definition) is 3. The van der Waals surface area contributed by atoms with E-state index in [4.69, 9.17) is 0 Å². The maximum Gasteiger partial charge on any atom is 0.253 e. The molecule has 0 fully saturated rings. The van der Waals surface area contributed by atoms with Crippen molar-refractivity contribution in [2.24, 2.45) is 5.10 Å². The van der Waals surface area contributed by atoms with E-state index in [0.29, 0.717) is 6.42 Å². The highest BCUT2D eigenvalue weighted by Gasteiger charge is 2.23. The minimum Gasteiger partial charge on any atom is -0.272 e. The van der Waals surface area contributed by atoms with Crippen molar-refractivity contribution in [3.05, 3.63) is 24.5 Å². The molecule has 0 aliphatic carbocycles. The molecule has 4 heteroatoms. The Morgan fingerprint density at radius 3 is 3.00 bits per heavy atom. The van der Waals surface area contributed by atoms with E-state index in [0.717, 1.165) is 17.8 Å². The molecule has 0 radical (unpaired) electrons. The molecule has 72 valence electrons. The third kappa shape index (κ3) is 1.51. The smallest absolute Gasteiger partial charge is 0.253 e. The zero-order valence-corrected chi connectivity index (χ0v) is 7.97. The number of hydrogen-bond donors (Lipinski definition) is 0. The van der Waals surface area contributed by atoms with Crippen molar-refractivity contribution in [3.8, 4) is 0 Å². The topological polar surface area (TPSA) is 45.6 Å². The number of nitrogens with zero attached hydrogens (tertiary/aromatic N) is 3. The molecule has 0 N–H and O–H groups in total. The van der Waals surface area contributed by atoms with E-state index in [1.807, 2.05) is 13.0 Å². The molecule has 2 rings (SSSR count). The molecule has 1 aliphatic rings. The van der Waals surface area contributed by atoms with Crippen LogP contribution in [0.5, 0.6) is 0 Å². The molecule has 0 spiro atoms. The first-order valence-corrected chi connectivity index (χ1v) is 4.60. The Labute approximate surface area is 82.3 Å². The first-order valence-electron chi connectivity index (χ1n) is 4.60. The van der Waals surface area contributed by atoms with Crippen molar-refractivity contribution >= 4 is 17.3 Å². The third-order valence-electron chi connectivity index (χ3n) is 2.13. The van der Waals surface area contributed by atoms with Gasteiger partial charge in [0.25, 0.3) is 5.91 Å². The predicted molar refractivity (Wildman–Crippen MR) is 54.1 cm³/mol. The fraction of sp³-hybridized carbons (Fsp3) is 0.300. The molecule has 0 aromatic carbocycles. The quantitative estimate of drug-likeness (QED) is 0.709. The predicted octanol–water partition coefficient (Wildman–Crippen LogP) is 1.58. The van der Waals surface area contributed by atoms with Crippen molar-refractivity contribution in [3.63, 3.8) is 0 Å². The number of pyridine rings is 1. The zero-order valence-electron chi connectivity index (χ0n) is 7.97. The van der Waals surface area contributed by atoms with Gasteiger partial charge in [0.15, 0.2) is 0 Å². The summed E-state index contributed by atoms with van der Waals surface area (Å²) in [4.78, 5) is 15.5. The van der Waals surface area contributed by atoms with Gasteiger partial charge in [-0.1, -0.05) is 6.92 Å². The largest absolute Gasteiger partial charge is 0.272 e. The molecule has 0 unspecified atom stereocenters. The number of hydrazone groups is 1. The number of anilines is 1. The van der Waals surface area contributed by atoms with Crippen LogP contribution < -0.4 is 5.01 Å². The molecule has 1 aliphatic heterocycles. The van der Waals surface area contributed by atoms with E-state index in [-0.39, 0.29) is 5.91 Å². The van der Waals surface area contributed by atoms with Gasteiger partial charge in [-0.15, -0.1) is 0 Å². The van der Waals surface area contributed by atoms with Gasteiger partial charge in [0.1, 0.15) is 0 Å². The standard InChI is InChI=1S/C10H11N3O/c1-2-8-6-10(14)13(12-8)9-4-3-5-11-7-9/h3-5,7H,2,6H2,1H3. The Morgan fingerprint density at radius 2 is 2.43 bits per heavy atom. The van der Waals surface area contributed by atoms with Crippen LogP contribution in [0, 0.1) is 0 Å². The van der Waals surface area contributed by atoms with E-state index in [1.54, 1.807) is 18.5 Å². The van der Waals surface area contributed by atoms with Gasteiger partial charge >= 0.3 is 0 Å². The monoisotopic (exact) mass is 189 g/mol. The number of rotatable bonds is 2. The van der Waals surface area contributed by atoms with Gasteiger partial charge in [-0.2, -0.15) is 10.1 Å². The minimum atomic E-state index is 0.0230. The zero-order chi connectivity index (χ0) is 9.97. The van der Waals surface area contributed by atoms with Gasteiger partial charge in [0, 0.05) is 11.9 Å². The fourth-order valence-corrected chi connectivity index (χ4v) is 1.36. The lowest BCUT2D eigenvalue weighted by Crippen LogP contribution is -2.19. The summed E-state index contributed by atoms with van der Waals surface area (Å²) in [7, 11) is 0. The molecule has 1 aromatic heterocycles. The molecule has 0 bridgehead atoms. The maximum absolute atomic E-state index is 11.5. The van der Waals surface area contributed by atoms with Crippen LogP contribution in [0.1, 0.15) is 19.8 Å². The lowest BCUT2D eigenvalue weighted by atomic mass is 10.2. The Balaban J connectivity index is 2.28. The average Bonchev–Trinajstić information content (AvgIpc) is 2.61. The van der Waals surface area contributed by atoms with Crippen LogP contribution in [0.2, 0.25) is 0 Å². The van der Waals surface area contributed by atoms with Gasteiger partial charge in [0.2, 0.25) is 0 Å². The molecule has 1 aromatic rings. The number of carbonyl (C=O) groups is 1. The van der Waals surface area contributed by atoms with Crippen molar-refractivity contribution in [2.45, 2.75) is 19.8 Å². The second-order valence-corrected chi connectivity index (χ2v) is 3.11. The highest BCUT2D eigenvalue weighted by molar-refractivity contribution is 6.12. The summed E-state index contributed by atoms with van der Waals surface area (Å²) in [5, 5.41) is 5.64. The molecular weight excluding hydrogens is 178 g/mol. The molecule has 4 nitrogen and oxygen atoms in total. The molecule has 2 heterocycles. The molecule has 0 atom stereocenters.